The van der Waals surface area contributed by atoms with Gasteiger partial charge < -0.3 is 30.9 Å². The van der Waals surface area contributed by atoms with E-state index < -0.39 is 7.60 Å². The van der Waals surface area contributed by atoms with Crippen molar-refractivity contribution in [3.05, 3.63) is 71.9 Å². The molecule has 1 heterocycles. The van der Waals surface area contributed by atoms with Gasteiger partial charge in [-0.15, -0.1) is 0 Å². The summed E-state index contributed by atoms with van der Waals surface area (Å²) in [4.78, 5) is 2.52. The Morgan fingerprint density at radius 1 is 0.895 bits per heavy atom. The Morgan fingerprint density at radius 3 is 2.21 bits per heavy atom. The van der Waals surface area contributed by atoms with E-state index >= 15 is 0 Å². The van der Waals surface area contributed by atoms with Crippen molar-refractivity contribution >= 4 is 36.3 Å². The topological polar surface area (TPSA) is 42.7 Å². The van der Waals surface area contributed by atoms with Crippen LogP contribution in [0.25, 0.3) is 23.1 Å². The normalized spacial score (nSPS) is 12.9. The Labute approximate surface area is 240 Å². The van der Waals surface area contributed by atoms with Gasteiger partial charge in [0, 0.05) is 44.4 Å². The molecule has 0 bridgehead atoms. The van der Waals surface area contributed by atoms with E-state index in [1.54, 1.807) is 0 Å². The number of aromatic nitrogens is 1. The van der Waals surface area contributed by atoms with Crippen LogP contribution in [0.1, 0.15) is 64.0 Å². The lowest BCUT2D eigenvalue weighted by Crippen LogP contribution is -3.00. The molecule has 0 aliphatic rings. The van der Waals surface area contributed by atoms with Crippen LogP contribution in [-0.2, 0) is 20.2 Å². The monoisotopic (exact) mass is 602 g/mol. The highest BCUT2D eigenvalue weighted by Gasteiger charge is 2.23. The number of aryl methyl sites for hydroxylation is 1. The largest absolute Gasteiger partial charge is 1.00 e. The predicted molar refractivity (Wildman–Crippen MR) is 157 cm³/mol. The van der Waals surface area contributed by atoms with Crippen molar-refractivity contribution in [2.24, 2.45) is 0 Å². The van der Waals surface area contributed by atoms with Crippen LogP contribution in [0.5, 0.6) is 0 Å². The number of hydrogen-bond acceptors (Lipinski definition) is 4. The summed E-state index contributed by atoms with van der Waals surface area (Å²) >= 11 is 0. The average molecular weight is 604 g/mol. The second kappa shape index (κ2) is 16.9. The standard InChI is InChI=1S/C31H44N2O3P.BrH/c1-5-8-22-32(23-9-6-2)29-19-16-27(17-20-29)15-18-28-21-25-33(31-14-11-10-13-30(28)31)24-12-26-37(34,35-4)36-7-3;/h10-11,13-21,25H,5-9,12,22-24,26H2,1-4H3;1H/q+1;/p-1. The van der Waals surface area contributed by atoms with Crippen LogP contribution in [0.15, 0.2) is 60.8 Å². The molecule has 0 radical (unpaired) electrons. The first kappa shape index (κ1) is 32.2. The Morgan fingerprint density at radius 2 is 1.58 bits per heavy atom. The molecule has 0 saturated carbocycles. The van der Waals surface area contributed by atoms with Crippen LogP contribution < -0.4 is 26.4 Å². The second-order valence-electron chi connectivity index (χ2n) is 9.39. The molecule has 0 aliphatic carbocycles. The quantitative estimate of drug-likeness (QED) is 0.171. The Kier molecular flexibility index (Phi) is 14.3. The van der Waals surface area contributed by atoms with Crippen molar-refractivity contribution < 1.29 is 35.2 Å². The molecule has 0 saturated heterocycles. The first-order valence-electron chi connectivity index (χ1n) is 13.8. The fraction of sp³-hybridized carbons (Fsp3) is 0.452. The third-order valence-corrected chi connectivity index (χ3v) is 8.74. The van der Waals surface area contributed by atoms with E-state index in [2.05, 4.69) is 96.3 Å². The molecule has 5 nitrogen and oxygen atoms in total. The smallest absolute Gasteiger partial charge is 0.330 e. The minimum absolute atomic E-state index is 0. The predicted octanol–water partition coefficient (Wildman–Crippen LogP) is 4.97. The maximum Gasteiger partial charge on any atom is 0.330 e. The lowest BCUT2D eigenvalue weighted by molar-refractivity contribution is -0.671. The molecule has 1 aromatic heterocycles. The summed E-state index contributed by atoms with van der Waals surface area (Å²) < 4.78 is 25.3. The number of hydrogen-bond donors (Lipinski definition) is 0. The molecule has 0 fully saturated rings. The van der Waals surface area contributed by atoms with Gasteiger partial charge in [-0.05, 0) is 49.1 Å². The van der Waals surface area contributed by atoms with Crippen LogP contribution in [0.3, 0.4) is 0 Å². The van der Waals surface area contributed by atoms with E-state index in [1.807, 2.05) is 6.92 Å². The van der Waals surface area contributed by atoms with Crippen molar-refractivity contribution in [3.63, 3.8) is 0 Å². The van der Waals surface area contributed by atoms with Gasteiger partial charge in [-0.1, -0.05) is 63.1 Å². The summed E-state index contributed by atoms with van der Waals surface area (Å²) in [7, 11) is -1.54. The Balaban J connectivity index is 0.00000507. The lowest BCUT2D eigenvalue weighted by Gasteiger charge is -2.24. The number of benzene rings is 2. The van der Waals surface area contributed by atoms with Gasteiger partial charge in [0.1, 0.15) is 6.54 Å². The number of fused-ring (bicyclic) bond motifs is 1. The molecule has 38 heavy (non-hydrogen) atoms. The number of unbranched alkanes of at least 4 members (excludes halogenated alkanes) is 2. The van der Waals surface area contributed by atoms with Gasteiger partial charge in [0.2, 0.25) is 5.52 Å². The van der Waals surface area contributed by atoms with Crippen molar-refractivity contribution in [1.82, 2.24) is 0 Å². The maximum absolute atomic E-state index is 12.6. The van der Waals surface area contributed by atoms with Crippen LogP contribution in [0.2, 0.25) is 0 Å². The fourth-order valence-electron chi connectivity index (χ4n) is 4.54. The highest BCUT2D eigenvalue weighted by Crippen LogP contribution is 2.47. The molecule has 0 spiro atoms. The van der Waals surface area contributed by atoms with Gasteiger partial charge >= 0.3 is 7.60 Å². The molecule has 0 aliphatic heterocycles. The molecule has 7 heteroatoms. The van der Waals surface area contributed by atoms with Gasteiger partial charge in [0.25, 0.3) is 0 Å². The maximum atomic E-state index is 12.6. The van der Waals surface area contributed by atoms with Gasteiger partial charge in [-0.2, -0.15) is 4.57 Å². The van der Waals surface area contributed by atoms with Gasteiger partial charge in [-0.3, -0.25) is 4.57 Å². The van der Waals surface area contributed by atoms with Crippen molar-refractivity contribution in [2.75, 3.05) is 37.9 Å². The Hall–Kier alpha value is -1.98. The number of anilines is 1. The number of halogens is 1. The second-order valence-corrected chi connectivity index (χ2v) is 11.7. The zero-order valence-corrected chi connectivity index (χ0v) is 25.9. The number of para-hydroxylation sites is 1. The highest BCUT2D eigenvalue weighted by molar-refractivity contribution is 7.53. The van der Waals surface area contributed by atoms with Crippen molar-refractivity contribution in [2.45, 2.75) is 59.4 Å². The molecule has 1 atom stereocenters. The van der Waals surface area contributed by atoms with Crippen LogP contribution in [0.4, 0.5) is 5.69 Å². The van der Waals surface area contributed by atoms with Gasteiger partial charge in [-0.25, -0.2) is 0 Å². The molecule has 0 amide bonds. The molecule has 208 valence electrons. The minimum Gasteiger partial charge on any atom is -1.00 e. The van der Waals surface area contributed by atoms with E-state index in [0.29, 0.717) is 12.8 Å². The number of nitrogens with zero attached hydrogens (tertiary/aromatic N) is 2. The minimum atomic E-state index is -3.00. The van der Waals surface area contributed by atoms with Crippen LogP contribution in [0, 0.1) is 0 Å². The molecule has 2 aromatic carbocycles. The molecule has 3 aromatic rings. The summed E-state index contributed by atoms with van der Waals surface area (Å²) in [5, 5.41) is 1.20. The SMILES string of the molecule is CCCCN(CCCC)c1ccc(C=Cc2cc[n+](CCCP(=O)(OC)OCC)c3ccccc23)cc1.[Br-]. The summed E-state index contributed by atoms with van der Waals surface area (Å²) in [6.45, 7) is 9.72. The van der Waals surface area contributed by atoms with E-state index in [0.717, 1.165) is 31.6 Å². The summed E-state index contributed by atoms with van der Waals surface area (Å²) in [6.07, 6.45) is 12.5. The number of pyridine rings is 1. The summed E-state index contributed by atoms with van der Waals surface area (Å²) in [5.74, 6) is 0. The van der Waals surface area contributed by atoms with Crippen molar-refractivity contribution in [3.8, 4) is 0 Å². The highest BCUT2D eigenvalue weighted by atomic mass is 79.9. The zero-order chi connectivity index (χ0) is 26.5. The lowest BCUT2D eigenvalue weighted by atomic mass is 10.1. The Bertz CT molecular complexity index is 1180. The summed E-state index contributed by atoms with van der Waals surface area (Å²) in [6, 6.07) is 19.5. The third-order valence-electron chi connectivity index (χ3n) is 6.67. The van der Waals surface area contributed by atoms with E-state index in [1.165, 1.54) is 55.0 Å². The molecule has 1 unspecified atom stereocenters. The first-order valence-corrected chi connectivity index (χ1v) is 15.5. The number of rotatable bonds is 16. The van der Waals surface area contributed by atoms with Gasteiger partial charge in [0.05, 0.1) is 18.2 Å². The molecular formula is C31H44BrN2O3P. The molecule has 0 N–H and O–H groups in total. The van der Waals surface area contributed by atoms with Crippen molar-refractivity contribution in [1.29, 1.82) is 0 Å². The van der Waals surface area contributed by atoms with Gasteiger partial charge in [0.15, 0.2) is 6.20 Å². The fourth-order valence-corrected chi connectivity index (χ4v) is 5.88. The first-order chi connectivity index (χ1) is 18.0. The summed E-state index contributed by atoms with van der Waals surface area (Å²) in [5.41, 5.74) is 4.85. The third kappa shape index (κ3) is 9.34. The van der Waals surface area contributed by atoms with E-state index in [4.69, 9.17) is 9.05 Å². The zero-order valence-electron chi connectivity index (χ0n) is 23.4. The van der Waals surface area contributed by atoms with Crippen LogP contribution in [-0.4, -0.2) is 33.0 Å². The average Bonchev–Trinajstić information content (AvgIpc) is 2.93. The molecule has 3 rings (SSSR count). The van der Waals surface area contributed by atoms with E-state index in [9.17, 15) is 4.57 Å². The molecular weight excluding hydrogens is 559 g/mol. The van der Waals surface area contributed by atoms with E-state index in [-0.39, 0.29) is 17.0 Å². The van der Waals surface area contributed by atoms with Crippen LogP contribution >= 0.6 is 7.60 Å².